The number of hydrogen-bond donors (Lipinski definition) is 1. The molecule has 5 rings (SSSR count). The van der Waals surface area contributed by atoms with Crippen LogP contribution in [-0.2, 0) is 17.7 Å². The average molecular weight is 412 g/mol. The molecule has 3 heterocycles. The van der Waals surface area contributed by atoms with Crippen LogP contribution in [0.5, 0.6) is 0 Å². The molecule has 5 nitrogen and oxygen atoms in total. The number of pyridine rings is 1. The van der Waals surface area contributed by atoms with E-state index in [1.54, 1.807) is 0 Å². The molecule has 0 saturated heterocycles. The van der Waals surface area contributed by atoms with E-state index in [1.807, 2.05) is 37.3 Å². The lowest BCUT2D eigenvalue weighted by atomic mass is 9.94. The molecule has 0 aliphatic carbocycles. The van der Waals surface area contributed by atoms with Gasteiger partial charge in [0.15, 0.2) is 0 Å². The minimum absolute atomic E-state index is 0.0522. The third-order valence-corrected chi connectivity index (χ3v) is 6.08. The number of aromatic amines is 1. The molecule has 2 aromatic heterocycles. The van der Waals surface area contributed by atoms with Crippen molar-refractivity contribution in [2.24, 2.45) is 0 Å². The van der Waals surface area contributed by atoms with Crippen molar-refractivity contribution < 1.29 is 9.53 Å². The van der Waals surface area contributed by atoms with Crippen molar-refractivity contribution in [2.45, 2.75) is 25.9 Å². The van der Waals surface area contributed by atoms with Gasteiger partial charge in [0.2, 0.25) is 0 Å². The number of aromatic nitrogens is 2. The predicted molar refractivity (Wildman–Crippen MR) is 121 cm³/mol. The Morgan fingerprint density at radius 1 is 1.10 bits per heavy atom. The topological polar surface area (TPSA) is 58.2 Å². The fourth-order valence-electron chi connectivity index (χ4n) is 4.61. The molecule has 0 fully saturated rings. The monoisotopic (exact) mass is 411 g/mol. The first-order valence-electron chi connectivity index (χ1n) is 10.6. The van der Waals surface area contributed by atoms with Gasteiger partial charge in [0.05, 0.1) is 24.4 Å². The van der Waals surface area contributed by atoms with Gasteiger partial charge >= 0.3 is 5.97 Å². The van der Waals surface area contributed by atoms with Crippen molar-refractivity contribution in [2.75, 3.05) is 13.7 Å². The van der Waals surface area contributed by atoms with E-state index in [0.717, 1.165) is 36.5 Å². The van der Waals surface area contributed by atoms with E-state index < -0.39 is 0 Å². The number of aryl methyl sites for hydroxylation is 1. The Bertz CT molecular complexity index is 1240. The van der Waals surface area contributed by atoms with Crippen LogP contribution in [0.3, 0.4) is 0 Å². The number of carbonyl (C=O) groups is 1. The first-order chi connectivity index (χ1) is 15.1. The summed E-state index contributed by atoms with van der Waals surface area (Å²) in [5, 5.41) is 1.30. The number of carbonyl (C=O) groups excluding carboxylic acids is 1. The zero-order chi connectivity index (χ0) is 21.4. The predicted octanol–water partition coefficient (Wildman–Crippen LogP) is 4.81. The van der Waals surface area contributed by atoms with Crippen LogP contribution < -0.4 is 0 Å². The third kappa shape index (κ3) is 3.62. The maximum atomic E-state index is 11.8. The largest absolute Gasteiger partial charge is 0.465 e. The van der Waals surface area contributed by atoms with E-state index in [1.165, 1.54) is 29.3 Å². The summed E-state index contributed by atoms with van der Waals surface area (Å²) in [5.74, 6) is -0.311. The SMILES string of the molecule is COC(=O)c1ccc(CN2CCc3c([nH]c4ccccc34)C2c2cccc(C)n2)cc1. The summed E-state index contributed by atoms with van der Waals surface area (Å²) in [6.07, 6.45) is 0.988. The fraction of sp³-hybridized carbons (Fsp3) is 0.231. The van der Waals surface area contributed by atoms with E-state index in [0.29, 0.717) is 5.56 Å². The first-order valence-corrected chi connectivity index (χ1v) is 10.6. The first kappa shape index (κ1) is 19.5. The number of fused-ring (bicyclic) bond motifs is 3. The van der Waals surface area contributed by atoms with Gasteiger partial charge in [-0.2, -0.15) is 0 Å². The minimum atomic E-state index is -0.311. The lowest BCUT2D eigenvalue weighted by Crippen LogP contribution is -2.36. The highest BCUT2D eigenvalue weighted by atomic mass is 16.5. The molecule has 0 amide bonds. The Kier molecular flexibility index (Phi) is 5.04. The molecule has 0 spiro atoms. The van der Waals surface area contributed by atoms with Crippen LogP contribution >= 0.6 is 0 Å². The van der Waals surface area contributed by atoms with E-state index in [4.69, 9.17) is 9.72 Å². The van der Waals surface area contributed by atoms with Crippen LogP contribution in [0.4, 0.5) is 0 Å². The van der Waals surface area contributed by atoms with E-state index >= 15 is 0 Å². The summed E-state index contributed by atoms with van der Waals surface area (Å²) in [4.78, 5) is 22.8. The molecule has 1 aliphatic heterocycles. The summed E-state index contributed by atoms with van der Waals surface area (Å²) in [7, 11) is 1.40. The average Bonchev–Trinajstić information content (AvgIpc) is 3.17. The standard InChI is InChI=1S/C26H25N3O2/c1-17-6-5-9-23(27-17)25-24-21(20-7-3-4-8-22(20)28-24)14-15-29(25)16-18-10-12-19(13-11-18)26(30)31-2/h3-13,25,28H,14-16H2,1-2H3. The molecule has 2 aromatic carbocycles. The number of benzene rings is 2. The summed E-state index contributed by atoms with van der Waals surface area (Å²) in [5.41, 5.74) is 7.60. The molecule has 5 heteroatoms. The van der Waals surface area contributed by atoms with Gasteiger partial charge in [0, 0.05) is 35.4 Å². The van der Waals surface area contributed by atoms with Gasteiger partial charge in [-0.3, -0.25) is 9.88 Å². The lowest BCUT2D eigenvalue weighted by molar-refractivity contribution is 0.0600. The lowest BCUT2D eigenvalue weighted by Gasteiger charge is -2.35. The number of ether oxygens (including phenoxy) is 1. The number of nitrogens with zero attached hydrogens (tertiary/aromatic N) is 2. The Morgan fingerprint density at radius 3 is 2.68 bits per heavy atom. The number of hydrogen-bond acceptors (Lipinski definition) is 4. The van der Waals surface area contributed by atoms with Crippen LogP contribution in [0.25, 0.3) is 10.9 Å². The van der Waals surface area contributed by atoms with Gasteiger partial charge < -0.3 is 9.72 Å². The number of methoxy groups -OCH3 is 1. The molecule has 0 radical (unpaired) electrons. The molecule has 1 atom stereocenters. The normalized spacial score (nSPS) is 16.3. The summed E-state index contributed by atoms with van der Waals surface area (Å²) < 4.78 is 4.82. The summed E-state index contributed by atoms with van der Waals surface area (Å²) >= 11 is 0. The molecule has 156 valence electrons. The summed E-state index contributed by atoms with van der Waals surface area (Å²) in [6, 6.07) is 22.5. The van der Waals surface area contributed by atoms with Gasteiger partial charge in [0.1, 0.15) is 0 Å². The van der Waals surface area contributed by atoms with Crippen LogP contribution in [0.15, 0.2) is 66.7 Å². The number of rotatable bonds is 4. The Labute approximate surface area is 181 Å². The van der Waals surface area contributed by atoms with Crippen molar-refractivity contribution >= 4 is 16.9 Å². The molecular formula is C26H25N3O2. The summed E-state index contributed by atoms with van der Waals surface area (Å²) in [6.45, 7) is 3.75. The van der Waals surface area contributed by atoms with Gasteiger partial charge in [0.25, 0.3) is 0 Å². The van der Waals surface area contributed by atoms with Gasteiger partial charge in [-0.15, -0.1) is 0 Å². The smallest absolute Gasteiger partial charge is 0.337 e. The zero-order valence-electron chi connectivity index (χ0n) is 17.8. The molecule has 4 aromatic rings. The van der Waals surface area contributed by atoms with Crippen molar-refractivity contribution in [3.63, 3.8) is 0 Å². The van der Waals surface area contributed by atoms with E-state index in [-0.39, 0.29) is 12.0 Å². The van der Waals surface area contributed by atoms with Gasteiger partial charge in [-0.1, -0.05) is 36.4 Å². The van der Waals surface area contributed by atoms with Gasteiger partial charge in [-0.25, -0.2) is 4.79 Å². The molecule has 0 bridgehead atoms. The highest BCUT2D eigenvalue weighted by Crippen LogP contribution is 2.38. The van der Waals surface area contributed by atoms with Crippen molar-refractivity contribution in [3.05, 3.63) is 101 Å². The molecule has 1 unspecified atom stereocenters. The van der Waals surface area contributed by atoms with E-state index in [9.17, 15) is 4.79 Å². The van der Waals surface area contributed by atoms with Crippen molar-refractivity contribution in [3.8, 4) is 0 Å². The Balaban J connectivity index is 1.54. The van der Waals surface area contributed by atoms with Crippen LogP contribution in [0, 0.1) is 6.92 Å². The fourth-order valence-corrected chi connectivity index (χ4v) is 4.61. The van der Waals surface area contributed by atoms with Crippen LogP contribution in [-0.4, -0.2) is 34.5 Å². The number of H-pyrrole nitrogens is 1. The highest BCUT2D eigenvalue weighted by molar-refractivity contribution is 5.89. The highest BCUT2D eigenvalue weighted by Gasteiger charge is 2.32. The maximum absolute atomic E-state index is 11.8. The zero-order valence-corrected chi connectivity index (χ0v) is 17.8. The molecular weight excluding hydrogens is 386 g/mol. The van der Waals surface area contributed by atoms with Crippen molar-refractivity contribution in [1.82, 2.24) is 14.9 Å². The van der Waals surface area contributed by atoms with E-state index in [2.05, 4.69) is 46.3 Å². The molecule has 0 saturated carbocycles. The second-order valence-corrected chi connectivity index (χ2v) is 8.08. The van der Waals surface area contributed by atoms with Crippen molar-refractivity contribution in [1.29, 1.82) is 0 Å². The Morgan fingerprint density at radius 2 is 1.90 bits per heavy atom. The maximum Gasteiger partial charge on any atom is 0.337 e. The van der Waals surface area contributed by atoms with Crippen LogP contribution in [0.2, 0.25) is 0 Å². The van der Waals surface area contributed by atoms with Gasteiger partial charge in [-0.05, 0) is 54.8 Å². The third-order valence-electron chi connectivity index (χ3n) is 6.08. The number of esters is 1. The second kappa shape index (κ2) is 8.00. The Hall–Kier alpha value is -3.44. The van der Waals surface area contributed by atoms with Crippen LogP contribution in [0.1, 0.15) is 44.6 Å². The number of para-hydroxylation sites is 1. The second-order valence-electron chi connectivity index (χ2n) is 8.08. The quantitative estimate of drug-likeness (QED) is 0.490. The number of nitrogens with one attached hydrogen (secondary N) is 1. The molecule has 1 aliphatic rings. The molecule has 31 heavy (non-hydrogen) atoms. The minimum Gasteiger partial charge on any atom is -0.465 e. The molecule has 1 N–H and O–H groups in total.